The van der Waals surface area contributed by atoms with E-state index in [0.717, 1.165) is 17.7 Å². The van der Waals surface area contributed by atoms with Gasteiger partial charge >= 0.3 is 0 Å². The Morgan fingerprint density at radius 1 is 1.44 bits per heavy atom. The molecule has 0 radical (unpaired) electrons. The summed E-state index contributed by atoms with van der Waals surface area (Å²) >= 11 is 1.65. The van der Waals surface area contributed by atoms with Gasteiger partial charge in [-0.15, -0.1) is 11.8 Å². The average Bonchev–Trinajstić information content (AvgIpc) is 3.09. The minimum absolute atomic E-state index is 0.0294. The highest BCUT2D eigenvalue weighted by Gasteiger charge is 2.43. The summed E-state index contributed by atoms with van der Waals surface area (Å²) in [5.74, 6) is -0.0980. The predicted octanol–water partition coefficient (Wildman–Crippen LogP) is 1.66. The fraction of sp³-hybridized carbons (Fsp3) is 0.417. The molecule has 0 atom stereocenters. The summed E-state index contributed by atoms with van der Waals surface area (Å²) in [4.78, 5) is 13.0. The monoisotopic (exact) mass is 237 g/mol. The van der Waals surface area contributed by atoms with Gasteiger partial charge in [-0.25, -0.2) is 0 Å². The lowest BCUT2D eigenvalue weighted by atomic mass is 10.2. The summed E-state index contributed by atoms with van der Waals surface area (Å²) in [6, 6.07) is 7.49. The van der Waals surface area contributed by atoms with Gasteiger partial charge in [0.25, 0.3) is 5.91 Å². The maximum atomic E-state index is 11.8. The van der Waals surface area contributed by atoms with Crippen molar-refractivity contribution in [3.63, 3.8) is 0 Å². The van der Waals surface area contributed by atoms with E-state index in [2.05, 4.69) is 5.32 Å². The average molecular weight is 237 g/mol. The molecule has 16 heavy (non-hydrogen) atoms. The van der Waals surface area contributed by atoms with Crippen molar-refractivity contribution < 1.29 is 9.90 Å². The number of amides is 1. The van der Waals surface area contributed by atoms with Crippen LogP contribution < -0.4 is 5.32 Å². The van der Waals surface area contributed by atoms with Crippen molar-refractivity contribution in [3.05, 3.63) is 29.8 Å². The highest BCUT2D eigenvalue weighted by molar-refractivity contribution is 7.98. The van der Waals surface area contributed by atoms with Crippen molar-refractivity contribution in [2.75, 3.05) is 12.9 Å². The Hall–Kier alpha value is -1.00. The fourth-order valence-corrected chi connectivity index (χ4v) is 1.94. The summed E-state index contributed by atoms with van der Waals surface area (Å²) in [7, 11) is 0. The number of carbonyl (C=O) groups excluding carboxylic acids is 1. The topological polar surface area (TPSA) is 49.3 Å². The van der Waals surface area contributed by atoms with Crippen LogP contribution in [-0.2, 0) is 0 Å². The molecule has 0 unspecified atom stereocenters. The summed E-state index contributed by atoms with van der Waals surface area (Å²) in [6.45, 7) is 0.0294. The maximum absolute atomic E-state index is 11.8. The standard InChI is InChI=1S/C12H15NO2S/c1-16-10-4-2-9(3-5-10)11(15)13-12(8-14)6-7-12/h2-5,14H,6-8H2,1H3,(H,13,15). The summed E-state index contributed by atoms with van der Waals surface area (Å²) < 4.78 is 0. The SMILES string of the molecule is CSc1ccc(C(=O)NC2(CO)CC2)cc1. The molecule has 0 heterocycles. The Bertz CT molecular complexity index is 385. The third-order valence-corrected chi connectivity index (χ3v) is 3.63. The number of benzene rings is 1. The second-order valence-corrected chi connectivity index (χ2v) is 5.00. The van der Waals surface area contributed by atoms with Crippen LogP contribution in [0.15, 0.2) is 29.2 Å². The molecule has 86 valence electrons. The highest BCUT2D eigenvalue weighted by atomic mass is 32.2. The van der Waals surface area contributed by atoms with Gasteiger partial charge in [-0.2, -0.15) is 0 Å². The number of hydrogen-bond donors (Lipinski definition) is 2. The molecule has 1 saturated carbocycles. The smallest absolute Gasteiger partial charge is 0.251 e. The Morgan fingerprint density at radius 2 is 2.06 bits per heavy atom. The van der Waals surface area contributed by atoms with E-state index in [1.54, 1.807) is 11.8 Å². The van der Waals surface area contributed by atoms with E-state index in [-0.39, 0.29) is 18.1 Å². The number of thioether (sulfide) groups is 1. The third-order valence-electron chi connectivity index (χ3n) is 2.89. The first-order valence-electron chi connectivity index (χ1n) is 5.26. The van der Waals surface area contributed by atoms with Crippen LogP contribution in [0.4, 0.5) is 0 Å². The molecule has 2 rings (SSSR count). The van der Waals surface area contributed by atoms with Gasteiger partial charge < -0.3 is 10.4 Å². The van der Waals surface area contributed by atoms with Gasteiger partial charge in [0.1, 0.15) is 0 Å². The molecule has 0 aliphatic heterocycles. The molecule has 0 bridgehead atoms. The molecule has 0 saturated heterocycles. The van der Waals surface area contributed by atoms with E-state index in [4.69, 9.17) is 5.11 Å². The van der Waals surface area contributed by atoms with E-state index < -0.39 is 0 Å². The molecule has 3 nitrogen and oxygen atoms in total. The van der Waals surface area contributed by atoms with Crippen LogP contribution in [0.5, 0.6) is 0 Å². The van der Waals surface area contributed by atoms with Gasteiger partial charge in [-0.3, -0.25) is 4.79 Å². The van der Waals surface area contributed by atoms with Gasteiger partial charge in [0.15, 0.2) is 0 Å². The summed E-state index contributed by atoms with van der Waals surface area (Å²) in [5, 5.41) is 12.0. The second kappa shape index (κ2) is 4.47. The zero-order valence-electron chi connectivity index (χ0n) is 9.19. The largest absolute Gasteiger partial charge is 0.394 e. The summed E-state index contributed by atoms with van der Waals surface area (Å²) in [6.07, 6.45) is 3.75. The molecular weight excluding hydrogens is 222 g/mol. The fourth-order valence-electron chi connectivity index (χ4n) is 1.53. The van der Waals surface area contributed by atoms with Gasteiger partial charge in [0.05, 0.1) is 12.1 Å². The van der Waals surface area contributed by atoms with Gasteiger partial charge in [-0.05, 0) is 43.4 Å². The molecule has 1 fully saturated rings. The molecule has 1 aliphatic carbocycles. The minimum atomic E-state index is -0.338. The van der Waals surface area contributed by atoms with Crippen molar-refractivity contribution in [1.29, 1.82) is 0 Å². The zero-order valence-corrected chi connectivity index (χ0v) is 10.0. The molecule has 1 aliphatic rings. The second-order valence-electron chi connectivity index (χ2n) is 4.12. The predicted molar refractivity (Wildman–Crippen MR) is 64.7 cm³/mol. The molecule has 4 heteroatoms. The van der Waals surface area contributed by atoms with E-state index in [0.29, 0.717) is 5.56 Å². The minimum Gasteiger partial charge on any atom is -0.394 e. The number of aliphatic hydroxyl groups excluding tert-OH is 1. The van der Waals surface area contributed by atoms with E-state index >= 15 is 0 Å². The van der Waals surface area contributed by atoms with Crippen LogP contribution in [0.3, 0.4) is 0 Å². The van der Waals surface area contributed by atoms with Crippen molar-refractivity contribution in [3.8, 4) is 0 Å². The maximum Gasteiger partial charge on any atom is 0.251 e. The molecule has 1 aromatic carbocycles. The Labute approximate surface area is 99.2 Å². The van der Waals surface area contributed by atoms with Crippen molar-refractivity contribution in [2.45, 2.75) is 23.3 Å². The van der Waals surface area contributed by atoms with E-state index in [1.165, 1.54) is 0 Å². The van der Waals surface area contributed by atoms with E-state index in [1.807, 2.05) is 30.5 Å². The number of rotatable bonds is 4. The van der Waals surface area contributed by atoms with Crippen LogP contribution in [0.1, 0.15) is 23.2 Å². The summed E-state index contributed by atoms with van der Waals surface area (Å²) in [5.41, 5.74) is 0.312. The number of hydrogen-bond acceptors (Lipinski definition) is 3. The van der Waals surface area contributed by atoms with Crippen LogP contribution in [0, 0.1) is 0 Å². The Morgan fingerprint density at radius 3 is 2.50 bits per heavy atom. The van der Waals surface area contributed by atoms with Crippen molar-refractivity contribution in [1.82, 2.24) is 5.32 Å². The first-order valence-corrected chi connectivity index (χ1v) is 6.49. The molecular formula is C12H15NO2S. The number of aliphatic hydroxyl groups is 1. The number of carbonyl (C=O) groups is 1. The zero-order chi connectivity index (χ0) is 11.6. The van der Waals surface area contributed by atoms with Crippen LogP contribution in [0.2, 0.25) is 0 Å². The number of nitrogens with one attached hydrogen (secondary N) is 1. The quantitative estimate of drug-likeness (QED) is 0.783. The third kappa shape index (κ3) is 2.39. The Kier molecular flexibility index (Phi) is 3.21. The van der Waals surface area contributed by atoms with Crippen molar-refractivity contribution >= 4 is 17.7 Å². The van der Waals surface area contributed by atoms with Gasteiger partial charge in [-0.1, -0.05) is 0 Å². The van der Waals surface area contributed by atoms with Gasteiger partial charge in [0, 0.05) is 10.5 Å². The van der Waals surface area contributed by atoms with E-state index in [9.17, 15) is 4.79 Å². The molecule has 1 aromatic rings. The van der Waals surface area contributed by atoms with Crippen LogP contribution >= 0.6 is 11.8 Å². The lowest BCUT2D eigenvalue weighted by Gasteiger charge is -2.14. The normalized spacial score (nSPS) is 16.9. The Balaban J connectivity index is 2.03. The molecule has 0 aromatic heterocycles. The van der Waals surface area contributed by atoms with Crippen LogP contribution in [-0.4, -0.2) is 29.4 Å². The molecule has 0 spiro atoms. The highest BCUT2D eigenvalue weighted by Crippen LogP contribution is 2.34. The molecule has 1 amide bonds. The lowest BCUT2D eigenvalue weighted by Crippen LogP contribution is -2.39. The van der Waals surface area contributed by atoms with Crippen LogP contribution in [0.25, 0.3) is 0 Å². The van der Waals surface area contributed by atoms with Gasteiger partial charge in [0.2, 0.25) is 0 Å². The van der Waals surface area contributed by atoms with Crippen molar-refractivity contribution in [2.24, 2.45) is 0 Å². The first-order chi connectivity index (χ1) is 7.69. The lowest BCUT2D eigenvalue weighted by molar-refractivity contribution is 0.0906. The first kappa shape index (κ1) is 11.5. The molecule has 2 N–H and O–H groups in total.